The lowest BCUT2D eigenvalue weighted by Crippen LogP contribution is -2.42. The summed E-state index contributed by atoms with van der Waals surface area (Å²) >= 11 is 0. The maximum atomic E-state index is 11.3. The molecule has 2 rings (SSSR count). The second kappa shape index (κ2) is 3.97. The molecule has 6 nitrogen and oxygen atoms in total. The van der Waals surface area contributed by atoms with E-state index in [-0.39, 0.29) is 23.6 Å². The summed E-state index contributed by atoms with van der Waals surface area (Å²) in [6.07, 6.45) is 0.966. The molecular formula is C9H15NO5S. The number of cyclic esters (lactones) is 1. The Balaban J connectivity index is 2.18. The monoisotopic (exact) mass is 249 g/mol. The van der Waals surface area contributed by atoms with Crippen LogP contribution in [-0.2, 0) is 24.3 Å². The van der Waals surface area contributed by atoms with Crippen molar-refractivity contribution in [3.63, 3.8) is 0 Å². The molecule has 2 fully saturated rings. The highest BCUT2D eigenvalue weighted by Crippen LogP contribution is 2.44. The number of carbonyl (C=O) groups excluding carboxylic acids is 1. The number of esters is 1. The zero-order chi connectivity index (χ0) is 11.8. The quantitative estimate of drug-likeness (QED) is 0.658. The molecule has 2 aliphatic rings. The van der Waals surface area contributed by atoms with E-state index in [0.29, 0.717) is 26.1 Å². The van der Waals surface area contributed by atoms with E-state index in [1.54, 1.807) is 0 Å². The van der Waals surface area contributed by atoms with Gasteiger partial charge >= 0.3 is 5.97 Å². The minimum absolute atomic E-state index is 0.274. The molecule has 2 N–H and O–H groups in total. The van der Waals surface area contributed by atoms with Crippen molar-refractivity contribution in [2.75, 3.05) is 19.0 Å². The zero-order valence-electron chi connectivity index (χ0n) is 8.85. The minimum Gasteiger partial charge on any atom is -0.461 e. The van der Waals surface area contributed by atoms with Gasteiger partial charge in [0.15, 0.2) is 0 Å². The van der Waals surface area contributed by atoms with Gasteiger partial charge in [0.2, 0.25) is 10.0 Å². The van der Waals surface area contributed by atoms with Gasteiger partial charge in [0.25, 0.3) is 0 Å². The van der Waals surface area contributed by atoms with Crippen LogP contribution in [0.3, 0.4) is 0 Å². The molecule has 2 saturated heterocycles. The van der Waals surface area contributed by atoms with Gasteiger partial charge in [-0.05, 0) is 12.8 Å². The standard InChI is InChI=1S/C9H15NO5S/c10-16(12,13)6-7-9(5-8(11)15-7)1-3-14-4-2-9/h7H,1-6H2,(H2,10,12,13). The molecule has 1 atom stereocenters. The first-order valence-corrected chi connectivity index (χ1v) is 6.91. The van der Waals surface area contributed by atoms with E-state index in [1.807, 2.05) is 0 Å². The average molecular weight is 249 g/mol. The Morgan fingerprint density at radius 1 is 1.38 bits per heavy atom. The van der Waals surface area contributed by atoms with Crippen molar-refractivity contribution in [2.24, 2.45) is 10.6 Å². The predicted octanol–water partition coefficient (Wildman–Crippen LogP) is -0.613. The number of hydrogen-bond acceptors (Lipinski definition) is 5. The first kappa shape index (κ1) is 11.8. The van der Waals surface area contributed by atoms with Crippen molar-refractivity contribution >= 4 is 16.0 Å². The Bertz CT molecular complexity index is 385. The van der Waals surface area contributed by atoms with E-state index in [1.165, 1.54) is 0 Å². The van der Waals surface area contributed by atoms with E-state index >= 15 is 0 Å². The lowest BCUT2D eigenvalue weighted by Gasteiger charge is -2.35. The van der Waals surface area contributed by atoms with Gasteiger partial charge in [0.1, 0.15) is 11.9 Å². The highest BCUT2D eigenvalue weighted by Gasteiger charge is 2.50. The van der Waals surface area contributed by atoms with Crippen molar-refractivity contribution in [3.8, 4) is 0 Å². The second-order valence-corrected chi connectivity index (χ2v) is 6.12. The molecule has 2 aliphatic heterocycles. The molecule has 0 radical (unpaired) electrons. The number of primary sulfonamides is 1. The molecule has 2 heterocycles. The third-order valence-corrected chi connectivity index (χ3v) is 4.09. The van der Waals surface area contributed by atoms with Crippen LogP contribution in [-0.4, -0.2) is 39.5 Å². The number of sulfonamides is 1. The van der Waals surface area contributed by atoms with Gasteiger partial charge in [0.05, 0.1) is 6.42 Å². The molecule has 1 spiro atoms. The van der Waals surface area contributed by atoms with E-state index in [0.717, 1.165) is 0 Å². The number of ether oxygens (including phenoxy) is 2. The summed E-state index contributed by atoms with van der Waals surface area (Å²) in [5, 5.41) is 5.00. The van der Waals surface area contributed by atoms with Crippen LogP contribution in [0.2, 0.25) is 0 Å². The van der Waals surface area contributed by atoms with Crippen molar-refractivity contribution in [3.05, 3.63) is 0 Å². The second-order valence-electron chi connectivity index (χ2n) is 4.46. The highest BCUT2D eigenvalue weighted by molar-refractivity contribution is 7.89. The summed E-state index contributed by atoms with van der Waals surface area (Å²) < 4.78 is 32.4. The van der Waals surface area contributed by atoms with Crippen molar-refractivity contribution in [1.29, 1.82) is 0 Å². The van der Waals surface area contributed by atoms with Crippen LogP contribution < -0.4 is 5.14 Å². The lowest BCUT2D eigenvalue weighted by molar-refractivity contribution is -0.141. The van der Waals surface area contributed by atoms with Gasteiger partial charge in [-0.1, -0.05) is 0 Å². The maximum absolute atomic E-state index is 11.3. The van der Waals surface area contributed by atoms with E-state index in [2.05, 4.69) is 0 Å². The molecule has 0 aromatic heterocycles. The average Bonchev–Trinajstić information content (AvgIpc) is 2.41. The molecule has 92 valence electrons. The topological polar surface area (TPSA) is 95.7 Å². The van der Waals surface area contributed by atoms with Gasteiger partial charge in [-0.25, -0.2) is 13.6 Å². The van der Waals surface area contributed by atoms with Crippen LogP contribution in [0.25, 0.3) is 0 Å². The summed E-state index contributed by atoms with van der Waals surface area (Å²) in [7, 11) is -3.62. The predicted molar refractivity (Wildman–Crippen MR) is 55.0 cm³/mol. The van der Waals surface area contributed by atoms with Crippen LogP contribution in [0.1, 0.15) is 19.3 Å². The SMILES string of the molecule is NS(=O)(=O)CC1OC(=O)CC12CCOCC2. The van der Waals surface area contributed by atoms with Crippen molar-refractivity contribution < 1.29 is 22.7 Å². The zero-order valence-corrected chi connectivity index (χ0v) is 9.66. The van der Waals surface area contributed by atoms with Gasteiger partial charge in [-0.2, -0.15) is 0 Å². The van der Waals surface area contributed by atoms with E-state index in [9.17, 15) is 13.2 Å². The van der Waals surface area contributed by atoms with Crippen LogP contribution in [0, 0.1) is 5.41 Å². The van der Waals surface area contributed by atoms with Crippen LogP contribution in [0.5, 0.6) is 0 Å². The Morgan fingerprint density at radius 3 is 2.56 bits per heavy atom. The van der Waals surface area contributed by atoms with Crippen LogP contribution >= 0.6 is 0 Å². The Labute approximate surface area is 94.1 Å². The molecule has 0 amide bonds. The summed E-state index contributed by atoms with van der Waals surface area (Å²) in [4.78, 5) is 11.3. The number of nitrogens with two attached hydrogens (primary N) is 1. The van der Waals surface area contributed by atoms with Crippen molar-refractivity contribution in [1.82, 2.24) is 0 Å². The smallest absolute Gasteiger partial charge is 0.306 e. The van der Waals surface area contributed by atoms with E-state index < -0.39 is 16.1 Å². The summed E-state index contributed by atoms with van der Waals surface area (Å²) in [5.74, 6) is -0.630. The molecule has 0 aliphatic carbocycles. The molecule has 0 aromatic rings. The van der Waals surface area contributed by atoms with Gasteiger partial charge in [0, 0.05) is 18.6 Å². The molecule has 7 heteroatoms. The number of hydrogen-bond donors (Lipinski definition) is 1. The normalized spacial score (nSPS) is 29.3. The highest BCUT2D eigenvalue weighted by atomic mass is 32.2. The largest absolute Gasteiger partial charge is 0.461 e. The van der Waals surface area contributed by atoms with Gasteiger partial charge < -0.3 is 9.47 Å². The molecule has 16 heavy (non-hydrogen) atoms. The van der Waals surface area contributed by atoms with Crippen molar-refractivity contribution in [2.45, 2.75) is 25.4 Å². The molecule has 0 aromatic carbocycles. The number of rotatable bonds is 2. The molecule has 0 saturated carbocycles. The third kappa shape index (κ3) is 2.36. The summed E-state index contributed by atoms with van der Waals surface area (Å²) in [6.45, 7) is 1.08. The van der Waals surface area contributed by atoms with Crippen LogP contribution in [0.15, 0.2) is 0 Å². The lowest BCUT2D eigenvalue weighted by atomic mass is 9.75. The fourth-order valence-electron chi connectivity index (χ4n) is 2.43. The molecule has 0 bridgehead atoms. The van der Waals surface area contributed by atoms with Gasteiger partial charge in [-0.15, -0.1) is 0 Å². The maximum Gasteiger partial charge on any atom is 0.306 e. The Morgan fingerprint density at radius 2 is 2.00 bits per heavy atom. The summed E-state index contributed by atoms with van der Waals surface area (Å²) in [5.41, 5.74) is -0.387. The van der Waals surface area contributed by atoms with Crippen LogP contribution in [0.4, 0.5) is 0 Å². The first-order valence-electron chi connectivity index (χ1n) is 5.19. The minimum atomic E-state index is -3.62. The summed E-state index contributed by atoms with van der Waals surface area (Å²) in [6, 6.07) is 0. The van der Waals surface area contributed by atoms with Gasteiger partial charge in [-0.3, -0.25) is 4.79 Å². The molecule has 1 unspecified atom stereocenters. The third-order valence-electron chi connectivity index (χ3n) is 3.33. The number of carbonyl (C=O) groups is 1. The fraction of sp³-hybridized carbons (Fsp3) is 0.889. The molecular weight excluding hydrogens is 234 g/mol. The van der Waals surface area contributed by atoms with E-state index in [4.69, 9.17) is 14.6 Å². The Kier molecular flexibility index (Phi) is 2.93. The first-order chi connectivity index (χ1) is 7.41. The Hall–Kier alpha value is -0.660. The fourth-order valence-corrected chi connectivity index (χ4v) is 3.27.